The number of Topliss-reactive ketones (excluding diaryl/α,β-unsaturated/α-hetero) is 2. The molecular formula is C45H74O11. The van der Waals surface area contributed by atoms with Crippen molar-refractivity contribution in [2.24, 2.45) is 11.8 Å². The molecule has 2 aliphatic rings. The fraction of sp³-hybridized carbons (Fsp3) is 0.822. The van der Waals surface area contributed by atoms with Gasteiger partial charge in [0, 0.05) is 51.0 Å². The summed E-state index contributed by atoms with van der Waals surface area (Å²) in [5, 5.41) is 0. The number of hydrogen-bond donors (Lipinski definition) is 0. The first-order valence-electron chi connectivity index (χ1n) is 21.8. The molecule has 0 radical (unpaired) electrons. The lowest BCUT2D eigenvalue weighted by molar-refractivity contribution is -0.159. The lowest BCUT2D eigenvalue weighted by Crippen LogP contribution is -2.38. The first kappa shape index (κ1) is 49.1. The molecule has 0 aromatic carbocycles. The number of carbonyl (C=O) groups is 6. The van der Waals surface area contributed by atoms with Gasteiger partial charge in [-0.1, -0.05) is 90.4 Å². The number of unbranched alkanes of at least 4 members (excludes halogenated alkanes) is 13. The molecule has 56 heavy (non-hydrogen) atoms. The van der Waals surface area contributed by atoms with Gasteiger partial charge in [0.1, 0.15) is 42.1 Å². The van der Waals surface area contributed by atoms with Gasteiger partial charge in [-0.2, -0.15) is 0 Å². The van der Waals surface area contributed by atoms with Crippen LogP contribution in [0, 0.1) is 11.8 Å². The highest BCUT2D eigenvalue weighted by Crippen LogP contribution is 2.36. The Kier molecular flexibility index (Phi) is 24.1. The molecule has 0 spiro atoms. The molecule has 1 saturated heterocycles. The summed E-state index contributed by atoms with van der Waals surface area (Å²) in [6.07, 6.45) is 19.0. The van der Waals surface area contributed by atoms with Crippen LogP contribution in [0.15, 0.2) is 11.6 Å². The Balaban J connectivity index is 1.92. The van der Waals surface area contributed by atoms with Crippen LogP contribution in [0.4, 0.5) is 0 Å². The summed E-state index contributed by atoms with van der Waals surface area (Å²) in [6.45, 7) is 11.2. The summed E-state index contributed by atoms with van der Waals surface area (Å²) in [5.41, 5.74) is 0.524. The van der Waals surface area contributed by atoms with Crippen LogP contribution >= 0.6 is 0 Å². The molecule has 2 heterocycles. The van der Waals surface area contributed by atoms with Gasteiger partial charge in [0.25, 0.3) is 0 Å². The number of hydrogen-bond acceptors (Lipinski definition) is 11. The molecule has 0 amide bonds. The van der Waals surface area contributed by atoms with Crippen molar-refractivity contribution in [1.29, 1.82) is 0 Å². The van der Waals surface area contributed by atoms with Crippen LogP contribution < -0.4 is 0 Å². The second-order valence-electron chi connectivity index (χ2n) is 16.3. The fourth-order valence-electron chi connectivity index (χ4n) is 8.28. The molecule has 0 unspecified atom stereocenters. The van der Waals surface area contributed by atoms with E-state index in [1.54, 1.807) is 19.9 Å². The minimum atomic E-state index is -0.706. The number of carbonyl (C=O) groups excluding carboxylic acids is 6. The summed E-state index contributed by atoms with van der Waals surface area (Å²) in [6, 6.07) is 0. The highest BCUT2D eigenvalue weighted by Gasteiger charge is 2.47. The van der Waals surface area contributed by atoms with Gasteiger partial charge in [0.2, 0.25) is 0 Å². The normalized spacial score (nSPS) is 21.4. The average molecular weight is 791 g/mol. The van der Waals surface area contributed by atoms with Crippen molar-refractivity contribution in [2.75, 3.05) is 0 Å². The summed E-state index contributed by atoms with van der Waals surface area (Å²) < 4.78 is 28.6. The fourth-order valence-corrected chi connectivity index (χ4v) is 8.28. The molecule has 320 valence electrons. The topological polar surface area (TPSA) is 149 Å². The molecule has 2 aliphatic heterocycles. The average Bonchev–Trinajstić information content (AvgIpc) is 3.66. The van der Waals surface area contributed by atoms with Crippen molar-refractivity contribution in [2.45, 2.75) is 226 Å². The summed E-state index contributed by atoms with van der Waals surface area (Å²) in [4.78, 5) is 74.0. The Bertz CT molecular complexity index is 1260. The highest BCUT2D eigenvalue weighted by molar-refractivity contribution is 5.91. The second-order valence-corrected chi connectivity index (χ2v) is 16.3. The molecule has 0 aromatic heterocycles. The maximum Gasteiger partial charge on any atom is 0.334 e. The van der Waals surface area contributed by atoms with E-state index in [0.717, 1.165) is 38.5 Å². The third kappa shape index (κ3) is 19.9. The van der Waals surface area contributed by atoms with Crippen LogP contribution in [0.2, 0.25) is 0 Å². The van der Waals surface area contributed by atoms with Gasteiger partial charge in [-0.25, -0.2) is 4.79 Å². The van der Waals surface area contributed by atoms with Crippen molar-refractivity contribution in [3.63, 3.8) is 0 Å². The standard InChI is InChI=1S/C45H74O11/c1-8-9-10-11-12-13-14-15-16-17-18-22-25-41(54-35(6)49)42-30-43(55-36(7)50)44(56-42)40(33(4)47)27-26-37(32(3)46)23-20-19-21-24-39(53-34(5)48)29-38-28-31(2)52-45(38)51/h28,31,37,39-44H,8-27,29-30H2,1-7H3/t31-,37-,39+,40-,41-,42-,43+,44+/m0/s1. The Morgan fingerprint density at radius 3 is 1.75 bits per heavy atom. The third-order valence-electron chi connectivity index (χ3n) is 11.2. The van der Waals surface area contributed by atoms with Gasteiger partial charge in [-0.15, -0.1) is 0 Å². The van der Waals surface area contributed by atoms with Crippen LogP contribution in [0.1, 0.15) is 190 Å². The molecular weight excluding hydrogens is 716 g/mol. The predicted molar refractivity (Wildman–Crippen MR) is 215 cm³/mol. The monoisotopic (exact) mass is 791 g/mol. The van der Waals surface area contributed by atoms with Gasteiger partial charge < -0.3 is 23.7 Å². The molecule has 0 aliphatic carbocycles. The van der Waals surface area contributed by atoms with E-state index in [2.05, 4.69) is 6.92 Å². The van der Waals surface area contributed by atoms with E-state index in [-0.39, 0.29) is 29.6 Å². The molecule has 11 nitrogen and oxygen atoms in total. The van der Waals surface area contributed by atoms with Gasteiger partial charge in [0.05, 0.1) is 6.10 Å². The zero-order valence-corrected chi connectivity index (χ0v) is 35.7. The SMILES string of the molecule is CCCCCCCCCCCCCC[C@H](OC(C)=O)[C@@H]1C[C@@H](OC(C)=O)[C@@H]([C@@H](CC[C@H](CCCCC[C@H](CC2=C[C@H](C)OC2=O)OC(C)=O)C(C)=O)C(C)=O)O1. The van der Waals surface area contributed by atoms with Gasteiger partial charge in [-0.05, 0) is 71.8 Å². The predicted octanol–water partition coefficient (Wildman–Crippen LogP) is 9.43. The van der Waals surface area contributed by atoms with Crippen LogP contribution in [-0.4, -0.2) is 72.1 Å². The van der Waals surface area contributed by atoms with Crippen molar-refractivity contribution in [1.82, 2.24) is 0 Å². The zero-order valence-electron chi connectivity index (χ0n) is 35.7. The van der Waals surface area contributed by atoms with Crippen molar-refractivity contribution < 1.29 is 52.5 Å². The summed E-state index contributed by atoms with van der Waals surface area (Å²) in [7, 11) is 0. The highest BCUT2D eigenvalue weighted by atomic mass is 16.6. The van der Waals surface area contributed by atoms with Crippen molar-refractivity contribution in [3.05, 3.63) is 11.6 Å². The quantitative estimate of drug-likeness (QED) is 0.0376. The molecule has 0 aromatic rings. The molecule has 8 atom stereocenters. The molecule has 0 N–H and O–H groups in total. The van der Waals surface area contributed by atoms with Crippen molar-refractivity contribution >= 4 is 35.4 Å². The van der Waals surface area contributed by atoms with E-state index >= 15 is 0 Å². The van der Waals surface area contributed by atoms with Gasteiger partial charge >= 0.3 is 23.9 Å². The first-order valence-corrected chi connectivity index (χ1v) is 21.8. The van der Waals surface area contributed by atoms with Gasteiger partial charge in [0.15, 0.2) is 0 Å². The largest absolute Gasteiger partial charge is 0.462 e. The molecule has 1 fully saturated rings. The number of rotatable bonds is 31. The zero-order chi connectivity index (χ0) is 41.5. The minimum absolute atomic E-state index is 0.0463. The maximum atomic E-state index is 13.1. The Hall–Kier alpha value is -3.08. The van der Waals surface area contributed by atoms with E-state index in [0.29, 0.717) is 50.5 Å². The first-order chi connectivity index (χ1) is 26.7. The third-order valence-corrected chi connectivity index (χ3v) is 11.2. The van der Waals surface area contributed by atoms with E-state index in [1.807, 2.05) is 0 Å². The lowest BCUT2D eigenvalue weighted by atomic mass is 9.84. The number of cyclic esters (lactones) is 1. The van der Waals surface area contributed by atoms with E-state index in [4.69, 9.17) is 23.7 Å². The van der Waals surface area contributed by atoms with E-state index in [1.165, 1.54) is 85.5 Å². The van der Waals surface area contributed by atoms with E-state index in [9.17, 15) is 28.8 Å². The Morgan fingerprint density at radius 2 is 1.23 bits per heavy atom. The molecule has 2 rings (SSSR count). The van der Waals surface area contributed by atoms with Crippen LogP contribution in [-0.2, 0) is 52.5 Å². The number of esters is 4. The molecule has 0 saturated carbocycles. The summed E-state index contributed by atoms with van der Waals surface area (Å²) >= 11 is 0. The van der Waals surface area contributed by atoms with Crippen molar-refractivity contribution in [3.8, 4) is 0 Å². The van der Waals surface area contributed by atoms with E-state index < -0.39 is 54.3 Å². The second kappa shape index (κ2) is 27.5. The molecule has 11 heteroatoms. The van der Waals surface area contributed by atoms with Gasteiger partial charge in [-0.3, -0.25) is 24.0 Å². The smallest absolute Gasteiger partial charge is 0.334 e. The lowest BCUT2D eigenvalue weighted by Gasteiger charge is -2.28. The Morgan fingerprint density at radius 1 is 0.679 bits per heavy atom. The van der Waals surface area contributed by atoms with Crippen LogP contribution in [0.25, 0.3) is 0 Å². The van der Waals surface area contributed by atoms with Crippen LogP contribution in [0.3, 0.4) is 0 Å². The maximum absolute atomic E-state index is 13.1. The Labute approximate surface area is 337 Å². The number of ketones is 2. The minimum Gasteiger partial charge on any atom is -0.462 e. The number of ether oxygens (including phenoxy) is 5. The van der Waals surface area contributed by atoms with Crippen LogP contribution in [0.5, 0.6) is 0 Å². The summed E-state index contributed by atoms with van der Waals surface area (Å²) in [5.74, 6) is -2.56. The molecule has 0 bridgehead atoms.